The summed E-state index contributed by atoms with van der Waals surface area (Å²) in [4.78, 5) is 18.7. The van der Waals surface area contributed by atoms with Gasteiger partial charge in [0.2, 0.25) is 0 Å². The quantitative estimate of drug-likeness (QED) is 0.515. The second kappa shape index (κ2) is 16.9. The van der Waals surface area contributed by atoms with Crippen molar-refractivity contribution >= 4 is 24.2 Å². The third kappa shape index (κ3) is 8.17. The van der Waals surface area contributed by atoms with E-state index in [0.29, 0.717) is 22.6 Å². The number of imidazole rings is 1. The Morgan fingerprint density at radius 1 is 1.04 bits per heavy atom. The van der Waals surface area contributed by atoms with Crippen LogP contribution in [0.3, 0.4) is 0 Å². The smallest absolute Gasteiger partial charge is 1.00 e. The van der Waals surface area contributed by atoms with Gasteiger partial charge in [0.15, 0.2) is 5.52 Å². The molecule has 0 saturated carbocycles. The Morgan fingerprint density at radius 3 is 2.04 bits per heavy atom. The molecule has 3 aromatic rings. The largest absolute Gasteiger partial charge is 1.00 e. The Labute approximate surface area is 214 Å². The average Bonchev–Trinajstić information content (AvgIpc) is 3.11. The van der Waals surface area contributed by atoms with Crippen LogP contribution in [0.2, 0.25) is 0 Å². The van der Waals surface area contributed by atoms with Gasteiger partial charge in [-0.2, -0.15) is 0 Å². The minimum atomic E-state index is -0.222. The monoisotopic (exact) mass is 410 g/mol. The third-order valence-corrected chi connectivity index (χ3v) is 3.44. The van der Waals surface area contributed by atoms with Gasteiger partial charge in [0, 0.05) is 17.1 Å². The van der Waals surface area contributed by atoms with Gasteiger partial charge in [-0.3, -0.25) is 4.79 Å². The summed E-state index contributed by atoms with van der Waals surface area (Å²) < 4.78 is 1.94. The van der Waals surface area contributed by atoms with E-state index < -0.39 is 0 Å². The second-order valence-electron chi connectivity index (χ2n) is 4.97. The van der Waals surface area contributed by atoms with E-state index in [-0.39, 0.29) is 65.8 Å². The Hall–Kier alpha value is -0.984. The number of rotatable bonds is 2. The molecule has 0 amide bonds. The van der Waals surface area contributed by atoms with Crippen molar-refractivity contribution in [2.24, 2.45) is 0 Å². The fourth-order valence-corrected chi connectivity index (χ4v) is 2.29. The first-order valence-corrected chi connectivity index (χ1v) is 9.37. The van der Waals surface area contributed by atoms with Crippen LogP contribution < -0.4 is 67.5 Å². The van der Waals surface area contributed by atoms with Gasteiger partial charge in [-0.1, -0.05) is 84.5 Å². The van der Waals surface area contributed by atoms with Crippen LogP contribution >= 0.6 is 0 Å². The van der Waals surface area contributed by atoms with E-state index in [2.05, 4.69) is 54.3 Å². The Morgan fingerprint density at radius 2 is 1.54 bits per heavy atom. The van der Waals surface area contributed by atoms with Gasteiger partial charge in [0.25, 0.3) is 5.56 Å². The molecular weight excluding hydrogens is 373 g/mol. The van der Waals surface area contributed by atoms with Crippen LogP contribution in [0, 0.1) is 14.4 Å². The number of hydrogen-bond acceptors (Lipinski definition) is 2. The van der Waals surface area contributed by atoms with Gasteiger partial charge in [-0.15, -0.1) is 0 Å². The van der Waals surface area contributed by atoms with Crippen molar-refractivity contribution in [1.29, 1.82) is 0 Å². The van der Waals surface area contributed by atoms with Gasteiger partial charge in [-0.25, -0.2) is 4.98 Å². The van der Waals surface area contributed by atoms with Crippen LogP contribution in [-0.4, -0.2) is 14.5 Å². The maximum absolute atomic E-state index is 11.9. The molecule has 5 heteroatoms. The first-order valence-electron chi connectivity index (χ1n) is 9.37. The molecule has 0 atom stereocenters. The molecule has 3 rings (SSSR count). The molecule has 2 aromatic heterocycles. The molecule has 1 aromatic carbocycles. The van der Waals surface area contributed by atoms with Crippen LogP contribution in [0.15, 0.2) is 35.4 Å². The van der Waals surface area contributed by atoms with E-state index in [1.807, 2.05) is 46.1 Å². The third-order valence-electron chi connectivity index (χ3n) is 3.44. The van der Waals surface area contributed by atoms with Crippen molar-refractivity contribution in [3.63, 3.8) is 0 Å². The molecule has 1 N–H and O–H groups in total. The summed E-state index contributed by atoms with van der Waals surface area (Å²) in [7, 11) is 0. The molecule has 0 bridgehead atoms. The molecule has 0 aliphatic carbocycles. The molecule has 4 nitrogen and oxygen atoms in total. The predicted molar refractivity (Wildman–Crippen MR) is 122 cm³/mol. The first-order chi connectivity index (χ1) is 12.6. The van der Waals surface area contributed by atoms with Gasteiger partial charge < -0.3 is 18.4 Å². The Bertz CT molecular complexity index is 947. The molecule has 0 saturated heterocycles. The van der Waals surface area contributed by atoms with Crippen molar-refractivity contribution < 1.29 is 52.8 Å². The molecule has 28 heavy (non-hydrogen) atoms. The summed E-state index contributed by atoms with van der Waals surface area (Å²) in [6.45, 7) is 22.5. The molecule has 2 heterocycles. The zero-order valence-corrected chi connectivity index (χ0v) is 22.4. The SMILES string of the molecule is C=c1[nH]c(=O)c2ncn(Cc3ccc(C)cc3)c2c1=C.CC.CC.CC.[CH3-].[H-].[K+]. The molecule has 152 valence electrons. The zero-order chi connectivity index (χ0) is 20.3. The summed E-state index contributed by atoms with van der Waals surface area (Å²) in [5, 5.41) is 1.25. The minimum Gasteiger partial charge on any atom is -1.00 e. The molecule has 0 aliphatic heterocycles. The predicted octanol–water partition coefficient (Wildman–Crippen LogP) is 1.55. The van der Waals surface area contributed by atoms with Crippen LogP contribution in [0.4, 0.5) is 0 Å². The number of pyridine rings is 1. The van der Waals surface area contributed by atoms with E-state index in [9.17, 15) is 4.79 Å². The number of H-pyrrole nitrogens is 1. The number of aromatic amines is 1. The Balaban J connectivity index is -0.000000319. The van der Waals surface area contributed by atoms with E-state index in [4.69, 9.17) is 0 Å². The van der Waals surface area contributed by atoms with Crippen molar-refractivity contribution in [2.45, 2.75) is 55.0 Å². The van der Waals surface area contributed by atoms with Crippen molar-refractivity contribution in [3.8, 4) is 0 Å². The van der Waals surface area contributed by atoms with Crippen LogP contribution in [0.5, 0.6) is 0 Å². The van der Waals surface area contributed by atoms with Gasteiger partial charge in [0.05, 0.1) is 11.8 Å². The summed E-state index contributed by atoms with van der Waals surface area (Å²) >= 11 is 0. The van der Waals surface area contributed by atoms with Crippen molar-refractivity contribution in [1.82, 2.24) is 14.5 Å². The Kier molecular flexibility index (Phi) is 19.2. The number of fused-ring (bicyclic) bond motifs is 1. The number of aromatic nitrogens is 3. The number of hydrogen-bond donors (Lipinski definition) is 1. The number of nitrogens with one attached hydrogen (secondary N) is 1. The van der Waals surface area contributed by atoms with Crippen LogP contribution in [0.25, 0.3) is 24.2 Å². The van der Waals surface area contributed by atoms with Crippen molar-refractivity contribution in [2.75, 3.05) is 0 Å². The maximum atomic E-state index is 11.9. The standard InChI is InChI=1S/C16H15N3O.3C2H6.CH3.K.H/c1-10-4-6-13(7-5-10)8-19-9-17-14-15(19)11(2)12(3)18-16(14)20;3*1-2;;;/h4-7,9H,2-3,8H2,1H3,(H,18,20);3*1-2H3;1H3;;/q;;;;-1;+1;-1. The van der Waals surface area contributed by atoms with Gasteiger partial charge in [-0.05, 0) is 12.5 Å². The minimum absolute atomic E-state index is 0. The molecule has 0 fully saturated rings. The maximum Gasteiger partial charge on any atom is 1.00 e. The van der Waals surface area contributed by atoms with Crippen LogP contribution in [0.1, 0.15) is 54.1 Å². The van der Waals surface area contributed by atoms with E-state index in [0.717, 1.165) is 11.1 Å². The fourth-order valence-electron chi connectivity index (χ4n) is 2.29. The average molecular weight is 411 g/mol. The normalized spacial score (nSPS) is 8.54. The molecule has 0 aliphatic rings. The number of benzene rings is 1. The molecule has 0 spiro atoms. The molecule has 0 radical (unpaired) electrons. The molecular formula is C23H37KN3O-. The van der Waals surface area contributed by atoms with Crippen LogP contribution in [-0.2, 0) is 6.54 Å². The number of nitrogens with zero attached hydrogens (tertiary/aromatic N) is 2. The van der Waals surface area contributed by atoms with E-state index in [1.54, 1.807) is 6.33 Å². The summed E-state index contributed by atoms with van der Waals surface area (Å²) in [5.74, 6) is 0. The van der Waals surface area contributed by atoms with E-state index in [1.165, 1.54) is 5.56 Å². The van der Waals surface area contributed by atoms with Crippen molar-refractivity contribution in [3.05, 3.63) is 70.1 Å². The summed E-state index contributed by atoms with van der Waals surface area (Å²) in [6.07, 6.45) is 1.67. The zero-order valence-electron chi connectivity index (χ0n) is 20.3. The number of aryl methyl sites for hydroxylation is 1. The topological polar surface area (TPSA) is 50.7 Å². The summed E-state index contributed by atoms with van der Waals surface area (Å²) in [6, 6.07) is 8.28. The second-order valence-corrected chi connectivity index (χ2v) is 4.97. The fraction of sp³-hybridized carbons (Fsp3) is 0.348. The van der Waals surface area contributed by atoms with Gasteiger partial charge in [0.1, 0.15) is 0 Å². The van der Waals surface area contributed by atoms with Gasteiger partial charge >= 0.3 is 51.4 Å². The summed E-state index contributed by atoms with van der Waals surface area (Å²) in [5.41, 5.74) is 3.31. The first kappa shape index (κ1) is 31.7. The molecule has 0 unspecified atom stereocenters. The van der Waals surface area contributed by atoms with E-state index >= 15 is 0 Å².